The van der Waals surface area contributed by atoms with E-state index in [4.69, 9.17) is 5.11 Å². The molecule has 7 heteroatoms. The monoisotopic (exact) mass is 257 g/mol. The molecule has 2 aromatic rings. The Bertz CT molecular complexity index is 519. The van der Waals surface area contributed by atoms with Gasteiger partial charge in [0.15, 0.2) is 0 Å². The Kier molecular flexibility index (Phi) is 3.33. The minimum absolute atomic E-state index is 0.215. The minimum Gasteiger partial charge on any atom is -0.390 e. The highest BCUT2D eigenvalue weighted by Gasteiger charge is 2.29. The van der Waals surface area contributed by atoms with Crippen molar-refractivity contribution in [2.75, 3.05) is 0 Å². The molecule has 0 saturated heterocycles. The molecule has 0 unspecified atom stereocenters. The lowest BCUT2D eigenvalue weighted by molar-refractivity contribution is -0.137. The van der Waals surface area contributed by atoms with E-state index in [-0.39, 0.29) is 6.61 Å². The Morgan fingerprint density at radius 2 is 1.83 bits per heavy atom. The molecule has 0 bridgehead atoms. The predicted molar refractivity (Wildman–Crippen MR) is 56.5 cm³/mol. The van der Waals surface area contributed by atoms with Crippen LogP contribution in [0.4, 0.5) is 13.2 Å². The van der Waals surface area contributed by atoms with Crippen LogP contribution in [0.3, 0.4) is 0 Å². The molecule has 1 aromatic heterocycles. The van der Waals surface area contributed by atoms with Gasteiger partial charge in [0, 0.05) is 0 Å². The first-order valence-electron chi connectivity index (χ1n) is 5.15. The molecular weight excluding hydrogens is 247 g/mol. The van der Waals surface area contributed by atoms with Gasteiger partial charge in [-0.1, -0.05) is 17.3 Å². The van der Waals surface area contributed by atoms with Crippen LogP contribution >= 0.6 is 0 Å². The fraction of sp³-hybridized carbons (Fsp3) is 0.273. The summed E-state index contributed by atoms with van der Waals surface area (Å²) in [5, 5.41) is 16.2. The SMILES string of the molecule is OCc1cn(Cc2ccc(C(F)(F)F)cc2)nn1. The lowest BCUT2D eigenvalue weighted by atomic mass is 10.1. The molecule has 0 saturated carbocycles. The molecule has 0 aliphatic heterocycles. The summed E-state index contributed by atoms with van der Waals surface area (Å²) in [6, 6.07) is 4.84. The molecule has 0 aliphatic carbocycles. The second kappa shape index (κ2) is 4.77. The van der Waals surface area contributed by atoms with Crippen LogP contribution in [-0.4, -0.2) is 20.1 Å². The van der Waals surface area contributed by atoms with Crippen molar-refractivity contribution in [3.05, 3.63) is 47.3 Å². The van der Waals surface area contributed by atoms with Crippen LogP contribution in [-0.2, 0) is 19.3 Å². The van der Waals surface area contributed by atoms with Gasteiger partial charge in [0.25, 0.3) is 0 Å². The first-order valence-corrected chi connectivity index (χ1v) is 5.15. The molecule has 18 heavy (non-hydrogen) atoms. The Labute approximate surface area is 101 Å². The van der Waals surface area contributed by atoms with Gasteiger partial charge in [-0.3, -0.25) is 0 Å². The van der Waals surface area contributed by atoms with E-state index in [1.807, 2.05) is 0 Å². The maximum Gasteiger partial charge on any atom is 0.416 e. The fourth-order valence-electron chi connectivity index (χ4n) is 1.47. The number of hydrogen-bond donors (Lipinski definition) is 1. The number of hydrogen-bond acceptors (Lipinski definition) is 3. The largest absolute Gasteiger partial charge is 0.416 e. The zero-order valence-corrected chi connectivity index (χ0v) is 9.22. The topological polar surface area (TPSA) is 50.9 Å². The van der Waals surface area contributed by atoms with E-state index in [1.165, 1.54) is 23.0 Å². The lowest BCUT2D eigenvalue weighted by Gasteiger charge is -2.07. The molecule has 0 aliphatic rings. The number of aliphatic hydroxyl groups excluding tert-OH is 1. The molecule has 1 heterocycles. The van der Waals surface area contributed by atoms with Crippen molar-refractivity contribution in [2.45, 2.75) is 19.3 Å². The second-order valence-electron chi connectivity index (χ2n) is 3.76. The average Bonchev–Trinajstić information content (AvgIpc) is 2.76. The third-order valence-corrected chi connectivity index (χ3v) is 2.37. The molecule has 1 N–H and O–H groups in total. The molecule has 0 radical (unpaired) electrons. The summed E-state index contributed by atoms with van der Waals surface area (Å²) in [6.07, 6.45) is -2.78. The van der Waals surface area contributed by atoms with Gasteiger partial charge in [0.05, 0.1) is 24.9 Å². The van der Waals surface area contributed by atoms with Gasteiger partial charge in [-0.25, -0.2) is 4.68 Å². The molecule has 1 aromatic carbocycles. The number of rotatable bonds is 3. The Balaban J connectivity index is 2.11. The summed E-state index contributed by atoms with van der Waals surface area (Å²) in [6.45, 7) is 0.0954. The molecule has 0 fully saturated rings. The molecule has 0 atom stereocenters. The van der Waals surface area contributed by atoms with Gasteiger partial charge in [-0.05, 0) is 17.7 Å². The highest BCUT2D eigenvalue weighted by molar-refractivity contribution is 5.24. The summed E-state index contributed by atoms with van der Waals surface area (Å²) in [7, 11) is 0. The van der Waals surface area contributed by atoms with Crippen molar-refractivity contribution in [3.8, 4) is 0 Å². The van der Waals surface area contributed by atoms with E-state index in [2.05, 4.69) is 10.3 Å². The van der Waals surface area contributed by atoms with Gasteiger partial charge in [-0.15, -0.1) is 5.10 Å². The highest BCUT2D eigenvalue weighted by Crippen LogP contribution is 2.29. The van der Waals surface area contributed by atoms with Crippen LogP contribution in [0.25, 0.3) is 0 Å². The van der Waals surface area contributed by atoms with Crippen molar-refractivity contribution in [1.82, 2.24) is 15.0 Å². The van der Waals surface area contributed by atoms with Crippen molar-refractivity contribution in [1.29, 1.82) is 0 Å². The normalized spacial score (nSPS) is 11.8. The Morgan fingerprint density at radius 3 is 2.33 bits per heavy atom. The third-order valence-electron chi connectivity index (χ3n) is 2.37. The number of benzene rings is 1. The quantitative estimate of drug-likeness (QED) is 0.912. The van der Waals surface area contributed by atoms with Crippen LogP contribution in [0.2, 0.25) is 0 Å². The number of aromatic nitrogens is 3. The van der Waals surface area contributed by atoms with Crippen LogP contribution in [0.5, 0.6) is 0 Å². The van der Waals surface area contributed by atoms with Crippen molar-refractivity contribution in [2.24, 2.45) is 0 Å². The summed E-state index contributed by atoms with van der Waals surface area (Å²) in [5.41, 5.74) is 0.417. The van der Waals surface area contributed by atoms with E-state index < -0.39 is 11.7 Å². The van der Waals surface area contributed by atoms with Crippen LogP contribution in [0.15, 0.2) is 30.5 Å². The molecule has 96 valence electrons. The molecular formula is C11H10F3N3O. The van der Waals surface area contributed by atoms with Crippen molar-refractivity contribution in [3.63, 3.8) is 0 Å². The van der Waals surface area contributed by atoms with Gasteiger partial charge in [-0.2, -0.15) is 13.2 Å². The lowest BCUT2D eigenvalue weighted by Crippen LogP contribution is -2.05. The number of alkyl halides is 3. The summed E-state index contributed by atoms with van der Waals surface area (Å²) in [5.74, 6) is 0. The average molecular weight is 257 g/mol. The van der Waals surface area contributed by atoms with Crippen molar-refractivity contribution < 1.29 is 18.3 Å². The van der Waals surface area contributed by atoms with Crippen molar-refractivity contribution >= 4 is 0 Å². The van der Waals surface area contributed by atoms with Crippen LogP contribution in [0, 0.1) is 0 Å². The van der Waals surface area contributed by atoms with Gasteiger partial charge < -0.3 is 5.11 Å². The first-order chi connectivity index (χ1) is 8.49. The van der Waals surface area contributed by atoms with E-state index in [0.717, 1.165) is 12.1 Å². The minimum atomic E-state index is -4.32. The van der Waals surface area contributed by atoms with Crippen LogP contribution < -0.4 is 0 Å². The zero-order valence-electron chi connectivity index (χ0n) is 9.22. The smallest absolute Gasteiger partial charge is 0.390 e. The summed E-state index contributed by atoms with van der Waals surface area (Å²) >= 11 is 0. The maximum absolute atomic E-state index is 12.3. The van der Waals surface area contributed by atoms with E-state index >= 15 is 0 Å². The van der Waals surface area contributed by atoms with E-state index in [0.29, 0.717) is 17.8 Å². The molecule has 0 amide bonds. The summed E-state index contributed by atoms with van der Waals surface area (Å²) in [4.78, 5) is 0. The van der Waals surface area contributed by atoms with Gasteiger partial charge >= 0.3 is 6.18 Å². The second-order valence-corrected chi connectivity index (χ2v) is 3.76. The molecule has 4 nitrogen and oxygen atoms in total. The van der Waals surface area contributed by atoms with Gasteiger partial charge in [0.2, 0.25) is 0 Å². The first kappa shape index (κ1) is 12.6. The third kappa shape index (κ3) is 2.86. The van der Waals surface area contributed by atoms with Crippen LogP contribution in [0.1, 0.15) is 16.8 Å². The Hall–Kier alpha value is -1.89. The maximum atomic E-state index is 12.3. The number of nitrogens with zero attached hydrogens (tertiary/aromatic N) is 3. The van der Waals surface area contributed by atoms with Gasteiger partial charge in [0.1, 0.15) is 5.69 Å². The zero-order chi connectivity index (χ0) is 13.2. The fourth-order valence-corrected chi connectivity index (χ4v) is 1.47. The standard InChI is InChI=1S/C11H10F3N3O/c12-11(13,14)9-3-1-8(2-4-9)5-17-6-10(7-18)15-16-17/h1-4,6,18H,5,7H2. The van der Waals surface area contributed by atoms with E-state index in [1.54, 1.807) is 0 Å². The summed E-state index contributed by atoms with van der Waals surface area (Å²) < 4.78 is 38.5. The predicted octanol–water partition coefficient (Wildman–Crippen LogP) is 1.84. The highest BCUT2D eigenvalue weighted by atomic mass is 19.4. The Morgan fingerprint density at radius 1 is 1.17 bits per heavy atom. The number of aliphatic hydroxyl groups is 1. The van der Waals surface area contributed by atoms with E-state index in [9.17, 15) is 13.2 Å². The molecule has 0 spiro atoms. The molecule has 2 rings (SSSR count). The number of halogens is 3.